The van der Waals surface area contributed by atoms with Crippen molar-refractivity contribution in [3.05, 3.63) is 132 Å². The molecule has 0 heteroatoms. The average molecular weight is 451 g/mol. The first-order valence-corrected chi connectivity index (χ1v) is 13.3. The van der Waals surface area contributed by atoms with Crippen LogP contribution in [-0.2, 0) is 0 Å². The van der Waals surface area contributed by atoms with Crippen LogP contribution in [0.4, 0.5) is 0 Å². The van der Waals surface area contributed by atoms with Crippen LogP contribution in [0, 0.1) is 11.8 Å². The van der Waals surface area contributed by atoms with Crippen LogP contribution < -0.4 is 0 Å². The maximum absolute atomic E-state index is 2.37. The van der Waals surface area contributed by atoms with Crippen LogP contribution >= 0.6 is 0 Å². The molecule has 4 atom stereocenters. The van der Waals surface area contributed by atoms with Crippen LogP contribution in [0.5, 0.6) is 0 Å². The van der Waals surface area contributed by atoms with E-state index >= 15 is 0 Å². The van der Waals surface area contributed by atoms with E-state index in [4.69, 9.17) is 0 Å². The Kier molecular flexibility index (Phi) is 10.4. The van der Waals surface area contributed by atoms with E-state index < -0.39 is 0 Å². The molecule has 1 saturated carbocycles. The van der Waals surface area contributed by atoms with E-state index in [0.29, 0.717) is 11.8 Å². The Labute approximate surface area is 208 Å². The molecule has 1 fully saturated rings. The Balaban J connectivity index is 0.000000178. The van der Waals surface area contributed by atoms with Crippen LogP contribution in [-0.4, -0.2) is 0 Å². The topological polar surface area (TPSA) is 0 Å². The molecule has 0 heterocycles. The van der Waals surface area contributed by atoms with Crippen LogP contribution in [0.3, 0.4) is 0 Å². The predicted molar refractivity (Wildman–Crippen MR) is 150 cm³/mol. The third-order valence-corrected chi connectivity index (χ3v) is 7.01. The van der Waals surface area contributed by atoms with E-state index in [9.17, 15) is 0 Å². The van der Waals surface area contributed by atoms with E-state index in [1.165, 1.54) is 29.5 Å². The van der Waals surface area contributed by atoms with Crippen molar-refractivity contribution in [2.75, 3.05) is 0 Å². The molecule has 0 spiro atoms. The summed E-state index contributed by atoms with van der Waals surface area (Å²) in [5.74, 6) is 2.92. The summed E-state index contributed by atoms with van der Waals surface area (Å²) < 4.78 is 0. The molecule has 3 aliphatic carbocycles. The number of hydrogen-bond donors (Lipinski definition) is 0. The van der Waals surface area contributed by atoms with Gasteiger partial charge in [0, 0.05) is 11.8 Å². The number of rotatable bonds is 6. The monoisotopic (exact) mass is 450 g/mol. The second-order valence-corrected chi connectivity index (χ2v) is 9.06. The van der Waals surface area contributed by atoms with Gasteiger partial charge in [-0.05, 0) is 48.6 Å². The molecular weight excluding hydrogens is 408 g/mol. The largest absolute Gasteiger partial charge is 0.0808 e. The fourth-order valence-corrected chi connectivity index (χ4v) is 5.22. The zero-order valence-corrected chi connectivity index (χ0v) is 21.5. The lowest BCUT2D eigenvalue weighted by molar-refractivity contribution is 0.691. The summed E-state index contributed by atoms with van der Waals surface area (Å²) in [6.07, 6.45) is 22.7. The fraction of sp³-hybridized carbons (Fsp3) is 0.353. The first-order valence-electron chi connectivity index (χ1n) is 13.3. The molecule has 5 rings (SSSR count). The minimum atomic E-state index is 0.564. The van der Waals surface area contributed by atoms with Crippen molar-refractivity contribution in [1.29, 1.82) is 0 Å². The highest BCUT2D eigenvalue weighted by Gasteiger charge is 2.41. The van der Waals surface area contributed by atoms with Gasteiger partial charge in [-0.2, -0.15) is 0 Å². The van der Waals surface area contributed by atoms with Crippen LogP contribution in [0.1, 0.15) is 76.3 Å². The second kappa shape index (κ2) is 13.8. The molecule has 0 saturated heterocycles. The SMILES string of the molecule is CC.CCC(C1=CC=CC2CC12)c1ccccc1.CCC(C1=CC=CC=CC1)c1ccccc1. The molecule has 0 bridgehead atoms. The molecule has 0 aromatic heterocycles. The van der Waals surface area contributed by atoms with Crippen LogP contribution in [0.2, 0.25) is 0 Å². The Morgan fingerprint density at radius 2 is 1.32 bits per heavy atom. The van der Waals surface area contributed by atoms with E-state index in [0.717, 1.165) is 24.7 Å². The minimum absolute atomic E-state index is 0.564. The normalized spacial score (nSPS) is 21.3. The van der Waals surface area contributed by atoms with Gasteiger partial charge in [0.1, 0.15) is 0 Å². The smallest absolute Gasteiger partial charge is 0.00517 e. The molecule has 2 aromatic carbocycles. The lowest BCUT2D eigenvalue weighted by Gasteiger charge is -2.20. The van der Waals surface area contributed by atoms with E-state index in [1.807, 2.05) is 13.8 Å². The van der Waals surface area contributed by atoms with Gasteiger partial charge in [0.25, 0.3) is 0 Å². The third kappa shape index (κ3) is 6.83. The molecule has 0 amide bonds. The van der Waals surface area contributed by atoms with Crippen LogP contribution in [0.15, 0.2) is 120 Å². The third-order valence-electron chi connectivity index (χ3n) is 7.01. The molecule has 178 valence electrons. The first kappa shape index (κ1) is 25.8. The number of fused-ring (bicyclic) bond motifs is 1. The summed E-state index contributed by atoms with van der Waals surface area (Å²) in [5, 5.41) is 0. The number of benzene rings is 2. The van der Waals surface area contributed by atoms with E-state index in [2.05, 4.69) is 123 Å². The summed E-state index contributed by atoms with van der Waals surface area (Å²) in [6.45, 7) is 8.56. The molecule has 0 nitrogen and oxygen atoms in total. The van der Waals surface area contributed by atoms with E-state index in [-0.39, 0.29) is 0 Å². The van der Waals surface area contributed by atoms with Crippen molar-refractivity contribution in [3.63, 3.8) is 0 Å². The van der Waals surface area contributed by atoms with Gasteiger partial charge in [0.2, 0.25) is 0 Å². The van der Waals surface area contributed by atoms with Crippen molar-refractivity contribution in [2.24, 2.45) is 11.8 Å². The molecule has 0 N–H and O–H groups in total. The summed E-state index contributed by atoms with van der Waals surface area (Å²) in [4.78, 5) is 0. The molecule has 0 aliphatic heterocycles. The first-order chi connectivity index (χ1) is 16.8. The van der Waals surface area contributed by atoms with Crippen molar-refractivity contribution >= 4 is 0 Å². The van der Waals surface area contributed by atoms with Gasteiger partial charge in [-0.25, -0.2) is 0 Å². The van der Waals surface area contributed by atoms with Gasteiger partial charge < -0.3 is 0 Å². The quantitative estimate of drug-likeness (QED) is 0.410. The lowest BCUT2D eigenvalue weighted by Crippen LogP contribution is -2.05. The minimum Gasteiger partial charge on any atom is -0.0808 e. The summed E-state index contributed by atoms with van der Waals surface area (Å²) in [7, 11) is 0. The molecular formula is C34H42. The average Bonchev–Trinajstić information content (AvgIpc) is 3.73. The Bertz CT molecular complexity index is 1000. The Morgan fingerprint density at radius 3 is 1.94 bits per heavy atom. The Morgan fingerprint density at radius 1 is 0.706 bits per heavy atom. The highest BCUT2D eigenvalue weighted by atomic mass is 14.4. The maximum Gasteiger partial charge on any atom is 0.00517 e. The van der Waals surface area contributed by atoms with Gasteiger partial charge in [-0.3, -0.25) is 0 Å². The molecule has 34 heavy (non-hydrogen) atoms. The highest BCUT2D eigenvalue weighted by molar-refractivity contribution is 5.39. The van der Waals surface area contributed by atoms with E-state index in [1.54, 1.807) is 5.57 Å². The highest BCUT2D eigenvalue weighted by Crippen LogP contribution is 2.52. The zero-order chi connectivity index (χ0) is 24.2. The van der Waals surface area contributed by atoms with Crippen molar-refractivity contribution in [2.45, 2.75) is 65.2 Å². The Hall–Kier alpha value is -2.86. The van der Waals surface area contributed by atoms with Gasteiger partial charge in [-0.1, -0.05) is 148 Å². The van der Waals surface area contributed by atoms with Crippen LogP contribution in [0.25, 0.3) is 0 Å². The second-order valence-electron chi connectivity index (χ2n) is 9.06. The van der Waals surface area contributed by atoms with Crippen molar-refractivity contribution < 1.29 is 0 Å². The van der Waals surface area contributed by atoms with Crippen molar-refractivity contribution in [1.82, 2.24) is 0 Å². The summed E-state index contributed by atoms with van der Waals surface area (Å²) in [5.41, 5.74) is 6.09. The molecule has 0 radical (unpaired) electrons. The zero-order valence-electron chi connectivity index (χ0n) is 21.5. The number of allylic oxidation sites excluding steroid dienone is 10. The van der Waals surface area contributed by atoms with Gasteiger partial charge in [-0.15, -0.1) is 0 Å². The summed E-state index contributed by atoms with van der Waals surface area (Å²) >= 11 is 0. The number of hydrogen-bond acceptors (Lipinski definition) is 0. The predicted octanol–water partition coefficient (Wildman–Crippen LogP) is 9.96. The molecule has 4 unspecified atom stereocenters. The van der Waals surface area contributed by atoms with Gasteiger partial charge in [0.05, 0.1) is 0 Å². The maximum atomic E-state index is 2.37. The fourth-order valence-electron chi connectivity index (χ4n) is 5.22. The lowest BCUT2D eigenvalue weighted by atomic mass is 9.84. The van der Waals surface area contributed by atoms with Gasteiger partial charge >= 0.3 is 0 Å². The standard InChI is InChI=1S/2C16H18.C2H6/c1-2-14(12-7-4-3-5-8-12)15-10-6-9-13-11-16(13)15;1-2-16(15-12-8-5-9-13-15)14-10-6-3-4-7-11-14;1-2/h3-10,13-14,16H,2,11H2,1H3;3-10,12-13,16H,2,11H2,1H3;1-2H3. The van der Waals surface area contributed by atoms with Gasteiger partial charge in [0.15, 0.2) is 0 Å². The van der Waals surface area contributed by atoms with Crippen molar-refractivity contribution in [3.8, 4) is 0 Å². The molecule has 2 aromatic rings. The molecule has 3 aliphatic rings. The summed E-state index contributed by atoms with van der Waals surface area (Å²) in [6, 6.07) is 21.7.